The number of aromatic nitrogens is 4. The van der Waals surface area contributed by atoms with E-state index in [9.17, 15) is 14.7 Å². The van der Waals surface area contributed by atoms with Gasteiger partial charge < -0.3 is 45.2 Å². The van der Waals surface area contributed by atoms with Gasteiger partial charge in [-0.15, -0.1) is 0 Å². The van der Waals surface area contributed by atoms with Crippen molar-refractivity contribution < 1.29 is 28.9 Å². The molecule has 1 aliphatic rings. The Morgan fingerprint density at radius 3 is 2.33 bits per heavy atom. The van der Waals surface area contributed by atoms with Crippen LogP contribution >= 0.6 is 0 Å². The minimum Gasteiger partial charge on any atom is -0.494 e. The van der Waals surface area contributed by atoms with Crippen LogP contribution in [0.1, 0.15) is 36.2 Å². The Morgan fingerprint density at radius 2 is 1.69 bits per heavy atom. The lowest BCUT2D eigenvalue weighted by Crippen LogP contribution is -2.37. The minimum atomic E-state index is -0.570. The number of nitrogens with zero attached hydrogens (tertiary/aromatic N) is 6. The van der Waals surface area contributed by atoms with Crippen molar-refractivity contribution in [2.45, 2.75) is 40.0 Å². The number of hydrogen-bond donors (Lipinski definition) is 5. The number of aliphatic hydroxyl groups excluding tert-OH is 1. The lowest BCUT2D eigenvalue weighted by atomic mass is 10.1. The number of aliphatic imine (C=N–C) groups is 1. The number of morpholine rings is 1. The van der Waals surface area contributed by atoms with E-state index in [0.29, 0.717) is 77.1 Å². The smallest absolute Gasteiger partial charge is 0.276 e. The molecule has 0 spiro atoms. The fourth-order valence-electron chi connectivity index (χ4n) is 6.05. The van der Waals surface area contributed by atoms with Gasteiger partial charge in [0.1, 0.15) is 28.2 Å². The standard InChI is InChI=1S/C36H48N10O6/c1-5-40-28(17-23(2)37)34(49)43-36-42-26-18-24(22-47)19-29(50-4)31(26)46(36)11-7-6-10-45-32-27(41-35(45)39-3)20-25(33(38)48)21-30(32)52-14-8-9-44-12-15-51-16-13-44/h6-7,17-21,47H,5,8-16,22,37H2,1-4H3,(H2,38,48)(H,39,41)(H,42,43,49)/b7-6+,23-17-,40-28?. The number of amides is 2. The largest absolute Gasteiger partial charge is 0.494 e. The van der Waals surface area contributed by atoms with Gasteiger partial charge in [0.05, 0.1) is 44.6 Å². The Morgan fingerprint density at radius 1 is 1.02 bits per heavy atom. The number of allylic oxidation sites excluding steroid dienone is 3. The molecule has 0 bridgehead atoms. The van der Waals surface area contributed by atoms with Gasteiger partial charge in [0.2, 0.25) is 17.8 Å². The number of hydrogen-bond acceptors (Lipinski definition) is 12. The van der Waals surface area contributed by atoms with Crippen molar-refractivity contribution in [3.8, 4) is 11.5 Å². The SMILES string of the molecule is CCN=C(/C=C(/C)N)C(=O)Nc1nc2cc(CO)cc(OC)c2n1C/C=C/Cn1c(NC)nc2cc(C(N)=O)cc(OCCCN3CCOCC3)c21. The molecule has 0 unspecified atom stereocenters. The monoisotopic (exact) mass is 716 g/mol. The molecule has 3 heterocycles. The maximum absolute atomic E-state index is 13.3. The zero-order valence-corrected chi connectivity index (χ0v) is 30.1. The summed E-state index contributed by atoms with van der Waals surface area (Å²) in [5.41, 5.74) is 15.5. The summed E-state index contributed by atoms with van der Waals surface area (Å²) in [7, 11) is 3.31. The predicted molar refractivity (Wildman–Crippen MR) is 201 cm³/mol. The number of primary amides is 1. The minimum absolute atomic E-state index is 0.171. The summed E-state index contributed by atoms with van der Waals surface area (Å²) in [4.78, 5) is 41.6. The van der Waals surface area contributed by atoms with Crippen LogP contribution in [-0.4, -0.2) is 107 Å². The Hall–Kier alpha value is -5.45. The third-order valence-corrected chi connectivity index (χ3v) is 8.46. The van der Waals surface area contributed by atoms with Crippen LogP contribution in [0.5, 0.6) is 11.5 Å². The average Bonchev–Trinajstić information content (AvgIpc) is 3.68. The highest BCUT2D eigenvalue weighted by Crippen LogP contribution is 2.32. The van der Waals surface area contributed by atoms with Crippen LogP contribution in [0.4, 0.5) is 11.9 Å². The number of anilines is 2. The molecule has 7 N–H and O–H groups in total. The number of imidazole rings is 2. The highest BCUT2D eigenvalue weighted by atomic mass is 16.5. The Kier molecular flexibility index (Phi) is 12.8. The van der Waals surface area contributed by atoms with E-state index in [4.69, 9.17) is 35.6 Å². The highest BCUT2D eigenvalue weighted by Gasteiger charge is 2.21. The van der Waals surface area contributed by atoms with Gasteiger partial charge in [-0.25, -0.2) is 9.97 Å². The van der Waals surface area contributed by atoms with Gasteiger partial charge in [0, 0.05) is 57.6 Å². The summed E-state index contributed by atoms with van der Waals surface area (Å²) in [6, 6.07) is 6.81. The van der Waals surface area contributed by atoms with Crippen molar-refractivity contribution in [2.75, 3.05) is 70.8 Å². The van der Waals surface area contributed by atoms with Crippen molar-refractivity contribution in [3.05, 3.63) is 59.3 Å². The van der Waals surface area contributed by atoms with E-state index in [0.717, 1.165) is 44.8 Å². The molecule has 16 heteroatoms. The van der Waals surface area contributed by atoms with Gasteiger partial charge >= 0.3 is 0 Å². The lowest BCUT2D eigenvalue weighted by molar-refractivity contribution is -0.110. The summed E-state index contributed by atoms with van der Waals surface area (Å²) < 4.78 is 21.2. The van der Waals surface area contributed by atoms with Gasteiger partial charge in [-0.05, 0) is 56.2 Å². The number of carbonyl (C=O) groups is 2. The molecule has 1 aliphatic heterocycles. The predicted octanol–water partition coefficient (Wildman–Crippen LogP) is 2.65. The molecule has 0 radical (unpaired) electrons. The zero-order chi connectivity index (χ0) is 37.2. The zero-order valence-electron chi connectivity index (χ0n) is 30.1. The normalized spacial score (nSPS) is 14.4. The molecular weight excluding hydrogens is 668 g/mol. The van der Waals surface area contributed by atoms with Crippen molar-refractivity contribution in [1.29, 1.82) is 0 Å². The van der Waals surface area contributed by atoms with Crippen LogP contribution in [0, 0.1) is 0 Å². The fraction of sp³-hybridized carbons (Fsp3) is 0.417. The van der Waals surface area contributed by atoms with E-state index >= 15 is 0 Å². The second-order valence-electron chi connectivity index (χ2n) is 12.2. The van der Waals surface area contributed by atoms with E-state index in [1.165, 1.54) is 13.2 Å². The Labute approximate surface area is 302 Å². The Balaban J connectivity index is 1.44. The van der Waals surface area contributed by atoms with Crippen LogP contribution in [0.2, 0.25) is 0 Å². The number of aliphatic hydroxyl groups is 1. The van der Waals surface area contributed by atoms with E-state index < -0.39 is 11.8 Å². The number of nitrogens with two attached hydrogens (primary N) is 2. The summed E-state index contributed by atoms with van der Waals surface area (Å²) in [6.45, 7) is 8.95. The summed E-state index contributed by atoms with van der Waals surface area (Å²) >= 11 is 0. The fourth-order valence-corrected chi connectivity index (χ4v) is 6.05. The molecule has 5 rings (SSSR count). The van der Waals surface area contributed by atoms with Gasteiger partial charge in [-0.1, -0.05) is 12.2 Å². The van der Waals surface area contributed by atoms with Crippen LogP contribution in [0.15, 0.2) is 53.2 Å². The second-order valence-corrected chi connectivity index (χ2v) is 12.2. The van der Waals surface area contributed by atoms with Gasteiger partial charge in [0.15, 0.2) is 0 Å². The Bertz CT molecular complexity index is 1990. The number of nitrogens with one attached hydrogen (secondary N) is 2. The molecule has 52 heavy (non-hydrogen) atoms. The lowest BCUT2D eigenvalue weighted by Gasteiger charge is -2.26. The molecule has 1 fully saturated rings. The molecule has 2 aromatic carbocycles. The summed E-state index contributed by atoms with van der Waals surface area (Å²) in [5, 5.41) is 15.9. The van der Waals surface area contributed by atoms with Crippen molar-refractivity contribution in [2.24, 2.45) is 16.5 Å². The third kappa shape index (κ3) is 8.88. The quantitative estimate of drug-likeness (QED) is 0.0609. The van der Waals surface area contributed by atoms with Crippen molar-refractivity contribution >= 4 is 51.5 Å². The van der Waals surface area contributed by atoms with E-state index in [1.54, 1.807) is 38.2 Å². The molecule has 4 aromatic rings. The first-order chi connectivity index (χ1) is 25.2. The number of carbonyl (C=O) groups excluding carboxylic acids is 2. The van der Waals surface area contributed by atoms with Gasteiger partial charge in [-0.3, -0.25) is 24.8 Å². The molecular formula is C36H48N10O6. The molecule has 2 aromatic heterocycles. The molecule has 0 aliphatic carbocycles. The highest BCUT2D eigenvalue weighted by molar-refractivity contribution is 6.47. The van der Waals surface area contributed by atoms with Crippen LogP contribution in [0.25, 0.3) is 22.1 Å². The first kappa shape index (κ1) is 37.8. The molecule has 278 valence electrons. The first-order valence-corrected chi connectivity index (χ1v) is 17.2. The summed E-state index contributed by atoms with van der Waals surface area (Å²) in [5.74, 6) is 0.800. The topological polar surface area (TPSA) is 209 Å². The van der Waals surface area contributed by atoms with Crippen LogP contribution in [-0.2, 0) is 29.2 Å². The number of rotatable bonds is 17. The summed E-state index contributed by atoms with van der Waals surface area (Å²) in [6.07, 6.45) is 6.21. The van der Waals surface area contributed by atoms with Crippen molar-refractivity contribution in [1.82, 2.24) is 24.0 Å². The second kappa shape index (κ2) is 17.7. The van der Waals surface area contributed by atoms with Gasteiger partial charge in [-0.2, -0.15) is 0 Å². The molecule has 1 saturated heterocycles. The van der Waals surface area contributed by atoms with E-state index in [2.05, 4.69) is 20.5 Å². The first-order valence-electron chi connectivity index (χ1n) is 17.2. The number of fused-ring (bicyclic) bond motifs is 2. The van der Waals surface area contributed by atoms with Crippen molar-refractivity contribution in [3.63, 3.8) is 0 Å². The van der Waals surface area contributed by atoms with E-state index in [-0.39, 0.29) is 18.3 Å². The molecule has 2 amide bonds. The number of ether oxygens (including phenoxy) is 3. The molecule has 0 atom stereocenters. The number of benzene rings is 2. The van der Waals surface area contributed by atoms with Crippen LogP contribution < -0.4 is 31.6 Å². The van der Waals surface area contributed by atoms with Crippen LogP contribution in [0.3, 0.4) is 0 Å². The maximum Gasteiger partial charge on any atom is 0.276 e. The average molecular weight is 717 g/mol. The van der Waals surface area contributed by atoms with Gasteiger partial charge in [0.25, 0.3) is 5.91 Å². The maximum atomic E-state index is 13.3. The van der Waals surface area contributed by atoms with E-state index in [1.807, 2.05) is 28.2 Å². The molecule has 16 nitrogen and oxygen atoms in total. The number of methoxy groups -OCH3 is 1. The third-order valence-electron chi connectivity index (χ3n) is 8.46. The molecule has 0 saturated carbocycles.